The number of hydrogen-bond donors (Lipinski definition) is 2. The number of rotatable bonds is 6. The summed E-state index contributed by atoms with van der Waals surface area (Å²) in [6, 6.07) is 12.2. The van der Waals surface area contributed by atoms with Gasteiger partial charge in [-0.15, -0.1) is 11.8 Å². The quantitative estimate of drug-likeness (QED) is 0.479. The van der Waals surface area contributed by atoms with Crippen molar-refractivity contribution in [1.82, 2.24) is 0 Å². The first-order valence-corrected chi connectivity index (χ1v) is 7.52. The van der Waals surface area contributed by atoms with Crippen molar-refractivity contribution in [3.8, 4) is 5.75 Å². The third-order valence-electron chi connectivity index (χ3n) is 2.89. The predicted octanol–water partition coefficient (Wildman–Crippen LogP) is 4.02. The van der Waals surface area contributed by atoms with Gasteiger partial charge < -0.3 is 10.4 Å². The summed E-state index contributed by atoms with van der Waals surface area (Å²) in [6.45, 7) is 2.53. The van der Waals surface area contributed by atoms with Crippen LogP contribution in [0.4, 0.5) is 11.4 Å². The van der Waals surface area contributed by atoms with Gasteiger partial charge in [0.25, 0.3) is 5.69 Å². The molecule has 0 bridgehead atoms. The van der Waals surface area contributed by atoms with Gasteiger partial charge in [-0.3, -0.25) is 10.1 Å². The molecule has 0 saturated carbocycles. The summed E-state index contributed by atoms with van der Waals surface area (Å²) in [7, 11) is 0. The van der Waals surface area contributed by atoms with Crippen molar-refractivity contribution in [3.05, 3.63) is 58.1 Å². The molecule has 0 heterocycles. The van der Waals surface area contributed by atoms with Gasteiger partial charge >= 0.3 is 0 Å². The highest BCUT2D eigenvalue weighted by Crippen LogP contribution is 2.32. The smallest absolute Gasteiger partial charge is 0.292 e. The van der Waals surface area contributed by atoms with E-state index in [0.29, 0.717) is 18.0 Å². The molecule has 0 spiro atoms. The zero-order valence-electron chi connectivity index (χ0n) is 11.6. The van der Waals surface area contributed by atoms with E-state index in [0.717, 1.165) is 10.5 Å². The molecule has 0 aliphatic heterocycles. The van der Waals surface area contributed by atoms with Crippen LogP contribution >= 0.6 is 11.8 Å². The molecule has 2 rings (SSSR count). The zero-order chi connectivity index (χ0) is 15.2. The van der Waals surface area contributed by atoms with E-state index in [1.807, 2.05) is 25.1 Å². The van der Waals surface area contributed by atoms with Gasteiger partial charge in [-0.25, -0.2) is 0 Å². The van der Waals surface area contributed by atoms with Crippen LogP contribution in [0.2, 0.25) is 0 Å². The number of hydrogen-bond acceptors (Lipinski definition) is 5. The number of phenolic OH excluding ortho intramolecular Hbond substituents is 1. The van der Waals surface area contributed by atoms with Gasteiger partial charge in [0.1, 0.15) is 11.4 Å². The lowest BCUT2D eigenvalue weighted by atomic mass is 10.2. The number of para-hydroxylation sites is 1. The zero-order valence-corrected chi connectivity index (χ0v) is 12.4. The fourth-order valence-electron chi connectivity index (χ4n) is 1.90. The number of anilines is 1. The second kappa shape index (κ2) is 6.99. The van der Waals surface area contributed by atoms with Gasteiger partial charge in [-0.1, -0.05) is 18.2 Å². The van der Waals surface area contributed by atoms with E-state index in [1.54, 1.807) is 24.3 Å². The number of nitrogens with one attached hydrogen (secondary N) is 1. The molecule has 6 heteroatoms. The minimum Gasteiger partial charge on any atom is -0.507 e. The van der Waals surface area contributed by atoms with Crippen molar-refractivity contribution in [3.63, 3.8) is 0 Å². The van der Waals surface area contributed by atoms with Crippen molar-refractivity contribution in [1.29, 1.82) is 0 Å². The molecule has 0 amide bonds. The molecule has 0 saturated heterocycles. The van der Waals surface area contributed by atoms with Gasteiger partial charge in [-0.05, 0) is 30.7 Å². The third kappa shape index (κ3) is 3.88. The Morgan fingerprint density at radius 3 is 2.71 bits per heavy atom. The number of nitrogens with zero attached hydrogens (tertiary/aromatic N) is 1. The first-order chi connectivity index (χ1) is 10.1. The van der Waals surface area contributed by atoms with Crippen LogP contribution in [0.1, 0.15) is 12.5 Å². The van der Waals surface area contributed by atoms with Crippen LogP contribution in [0.3, 0.4) is 0 Å². The molecule has 0 radical (unpaired) electrons. The molecule has 0 aromatic heterocycles. The van der Waals surface area contributed by atoms with E-state index in [-0.39, 0.29) is 16.4 Å². The maximum Gasteiger partial charge on any atom is 0.292 e. The van der Waals surface area contributed by atoms with Crippen LogP contribution < -0.4 is 5.32 Å². The Labute approximate surface area is 127 Å². The Morgan fingerprint density at radius 1 is 1.29 bits per heavy atom. The first kappa shape index (κ1) is 15.2. The van der Waals surface area contributed by atoms with E-state index in [9.17, 15) is 15.2 Å². The summed E-state index contributed by atoms with van der Waals surface area (Å²) in [5.74, 6) is 0.784. The van der Waals surface area contributed by atoms with Gasteiger partial charge in [0.2, 0.25) is 0 Å². The second-order valence-electron chi connectivity index (χ2n) is 4.40. The summed E-state index contributed by atoms with van der Waals surface area (Å²) in [5.41, 5.74) is 1.45. The Bertz CT molecular complexity index is 647. The first-order valence-electron chi connectivity index (χ1n) is 6.53. The van der Waals surface area contributed by atoms with Crippen molar-refractivity contribution in [2.45, 2.75) is 17.6 Å². The van der Waals surface area contributed by atoms with E-state index in [2.05, 4.69) is 5.32 Å². The van der Waals surface area contributed by atoms with Crippen LogP contribution in [0.25, 0.3) is 0 Å². The Balaban J connectivity index is 2.16. The molecule has 21 heavy (non-hydrogen) atoms. The van der Waals surface area contributed by atoms with Crippen LogP contribution in [-0.4, -0.2) is 16.6 Å². The van der Waals surface area contributed by atoms with Gasteiger partial charge in [0.05, 0.1) is 4.92 Å². The lowest BCUT2D eigenvalue weighted by Gasteiger charge is -2.07. The van der Waals surface area contributed by atoms with Gasteiger partial charge in [0.15, 0.2) is 0 Å². The summed E-state index contributed by atoms with van der Waals surface area (Å²) in [6.07, 6.45) is 0. The fraction of sp³-hybridized carbons (Fsp3) is 0.200. The molecule has 5 nitrogen and oxygen atoms in total. The molecule has 0 aliphatic carbocycles. The lowest BCUT2D eigenvalue weighted by molar-refractivity contribution is -0.384. The Kier molecular flexibility index (Phi) is 5.05. The summed E-state index contributed by atoms with van der Waals surface area (Å²) >= 11 is 1.45. The second-order valence-corrected chi connectivity index (χ2v) is 5.41. The van der Waals surface area contributed by atoms with E-state index < -0.39 is 0 Å². The maximum atomic E-state index is 11.1. The molecule has 2 N–H and O–H groups in total. The maximum absolute atomic E-state index is 11.1. The molecular formula is C15H16N2O3S. The highest BCUT2D eigenvalue weighted by Gasteiger charge is 2.14. The third-order valence-corrected chi connectivity index (χ3v) is 4.02. The minimum absolute atomic E-state index is 0.0761. The van der Waals surface area contributed by atoms with Crippen molar-refractivity contribution < 1.29 is 10.0 Å². The average Bonchev–Trinajstić information content (AvgIpc) is 2.47. The topological polar surface area (TPSA) is 75.4 Å². The summed E-state index contributed by atoms with van der Waals surface area (Å²) < 4.78 is 0. The standard InChI is InChI=1S/C15H16N2O3S/c1-2-16-12-8-7-11(9-13(12)17(19)20)10-21-15-6-4-3-5-14(15)18/h3-9,16,18H,2,10H2,1H3. The fourth-order valence-corrected chi connectivity index (χ4v) is 2.79. The summed E-state index contributed by atoms with van der Waals surface area (Å²) in [5, 5.41) is 23.8. The number of benzene rings is 2. The number of nitro groups is 1. The highest BCUT2D eigenvalue weighted by atomic mass is 32.2. The van der Waals surface area contributed by atoms with Crippen LogP contribution in [0.5, 0.6) is 5.75 Å². The molecule has 2 aromatic rings. The van der Waals surface area contributed by atoms with Crippen LogP contribution in [0.15, 0.2) is 47.4 Å². The van der Waals surface area contributed by atoms with Crippen LogP contribution in [-0.2, 0) is 5.75 Å². The monoisotopic (exact) mass is 304 g/mol. The lowest BCUT2D eigenvalue weighted by Crippen LogP contribution is -2.01. The highest BCUT2D eigenvalue weighted by molar-refractivity contribution is 7.98. The van der Waals surface area contributed by atoms with E-state index in [4.69, 9.17) is 0 Å². The minimum atomic E-state index is -0.383. The molecule has 0 unspecified atom stereocenters. The predicted molar refractivity (Wildman–Crippen MR) is 84.9 cm³/mol. The molecular weight excluding hydrogens is 288 g/mol. The molecule has 110 valence electrons. The number of nitro benzene ring substituents is 1. The van der Waals surface area contributed by atoms with Gasteiger partial charge in [-0.2, -0.15) is 0 Å². The van der Waals surface area contributed by atoms with Crippen LogP contribution in [0, 0.1) is 10.1 Å². The molecule has 0 fully saturated rings. The largest absolute Gasteiger partial charge is 0.507 e. The van der Waals surface area contributed by atoms with Gasteiger partial charge in [0, 0.05) is 23.3 Å². The van der Waals surface area contributed by atoms with Crippen molar-refractivity contribution in [2.75, 3.05) is 11.9 Å². The SMILES string of the molecule is CCNc1ccc(CSc2ccccc2O)cc1[N+](=O)[O-]. The normalized spacial score (nSPS) is 10.3. The number of thioether (sulfide) groups is 1. The number of phenols is 1. The Morgan fingerprint density at radius 2 is 2.05 bits per heavy atom. The Hall–Kier alpha value is -2.21. The molecule has 2 aromatic carbocycles. The van der Waals surface area contributed by atoms with E-state index >= 15 is 0 Å². The average molecular weight is 304 g/mol. The van der Waals surface area contributed by atoms with Crippen molar-refractivity contribution >= 4 is 23.1 Å². The molecule has 0 atom stereocenters. The number of aromatic hydroxyl groups is 1. The van der Waals surface area contributed by atoms with E-state index in [1.165, 1.54) is 11.8 Å². The van der Waals surface area contributed by atoms with Crippen molar-refractivity contribution in [2.24, 2.45) is 0 Å². The summed E-state index contributed by atoms with van der Waals surface area (Å²) in [4.78, 5) is 11.5. The molecule has 0 aliphatic rings.